The number of hydrogen-bond acceptors (Lipinski definition) is 4. The van der Waals surface area contributed by atoms with Crippen LogP contribution in [0.1, 0.15) is 43.0 Å². The molecular formula is C15H23ClN4O. The van der Waals surface area contributed by atoms with E-state index in [9.17, 15) is 4.79 Å². The van der Waals surface area contributed by atoms with Crippen molar-refractivity contribution in [2.24, 2.45) is 5.92 Å². The number of nitrogens with zero attached hydrogens (tertiary/aromatic N) is 4. The van der Waals surface area contributed by atoms with Gasteiger partial charge >= 0.3 is 0 Å². The van der Waals surface area contributed by atoms with Gasteiger partial charge in [-0.1, -0.05) is 32.4 Å². The van der Waals surface area contributed by atoms with Gasteiger partial charge in [-0.15, -0.1) is 0 Å². The van der Waals surface area contributed by atoms with E-state index in [0.717, 1.165) is 6.54 Å². The van der Waals surface area contributed by atoms with Gasteiger partial charge in [0.15, 0.2) is 5.69 Å². The summed E-state index contributed by atoms with van der Waals surface area (Å²) in [5.41, 5.74) is 0.321. The molecule has 116 valence electrons. The molecule has 0 saturated carbocycles. The van der Waals surface area contributed by atoms with Crippen molar-refractivity contribution in [1.82, 2.24) is 19.8 Å². The van der Waals surface area contributed by atoms with E-state index in [4.69, 9.17) is 11.6 Å². The monoisotopic (exact) mass is 310 g/mol. The van der Waals surface area contributed by atoms with Crippen LogP contribution in [0.15, 0.2) is 6.20 Å². The van der Waals surface area contributed by atoms with Crippen LogP contribution in [0.3, 0.4) is 0 Å². The minimum atomic E-state index is -0.0968. The lowest BCUT2D eigenvalue weighted by atomic mass is 10.1. The van der Waals surface area contributed by atoms with Crippen LogP contribution in [0.25, 0.3) is 0 Å². The number of hydrogen-bond donors (Lipinski definition) is 0. The molecule has 0 bridgehead atoms. The second kappa shape index (κ2) is 6.28. The molecule has 0 radical (unpaired) electrons. The number of amides is 1. The Bertz CT molecular complexity index is 532. The summed E-state index contributed by atoms with van der Waals surface area (Å²) in [7, 11) is 4.09. The maximum atomic E-state index is 12.7. The molecule has 1 aromatic rings. The fraction of sp³-hybridized carbons (Fsp3) is 0.667. The highest BCUT2D eigenvalue weighted by atomic mass is 35.5. The molecule has 1 saturated heterocycles. The van der Waals surface area contributed by atoms with Gasteiger partial charge in [0, 0.05) is 25.0 Å². The van der Waals surface area contributed by atoms with E-state index < -0.39 is 0 Å². The fourth-order valence-corrected chi connectivity index (χ4v) is 2.92. The Balaban J connectivity index is 2.23. The number of carbonyl (C=O) groups is 1. The molecule has 1 amide bonds. The molecule has 2 heterocycles. The average molecular weight is 311 g/mol. The number of rotatable bonds is 3. The van der Waals surface area contributed by atoms with Crippen LogP contribution in [0.4, 0.5) is 0 Å². The Hall–Kier alpha value is -1.20. The van der Waals surface area contributed by atoms with Crippen LogP contribution in [0, 0.1) is 5.92 Å². The topological polar surface area (TPSA) is 49.3 Å². The second-order valence-corrected chi connectivity index (χ2v) is 6.71. The molecule has 5 nitrogen and oxygen atoms in total. The normalized spacial score (nSPS) is 22.4. The molecule has 6 heteroatoms. The molecule has 1 fully saturated rings. The largest absolute Gasteiger partial charge is 0.335 e. The van der Waals surface area contributed by atoms with Crippen LogP contribution in [0.2, 0.25) is 5.02 Å². The van der Waals surface area contributed by atoms with Crippen LogP contribution in [-0.2, 0) is 0 Å². The van der Waals surface area contributed by atoms with Crippen molar-refractivity contribution in [2.45, 2.75) is 32.7 Å². The van der Waals surface area contributed by atoms with E-state index in [1.807, 2.05) is 32.8 Å². The summed E-state index contributed by atoms with van der Waals surface area (Å²) < 4.78 is 0. The summed E-state index contributed by atoms with van der Waals surface area (Å²) in [5.74, 6) is 1.16. The summed E-state index contributed by atoms with van der Waals surface area (Å²) >= 11 is 6.13. The highest BCUT2D eigenvalue weighted by Gasteiger charge is 2.35. The van der Waals surface area contributed by atoms with Gasteiger partial charge in [0.05, 0.1) is 11.2 Å². The van der Waals surface area contributed by atoms with Gasteiger partial charge in [-0.3, -0.25) is 4.79 Å². The van der Waals surface area contributed by atoms with Gasteiger partial charge in [-0.2, -0.15) is 0 Å². The molecule has 21 heavy (non-hydrogen) atoms. The third-order valence-electron chi connectivity index (χ3n) is 4.00. The Morgan fingerprint density at radius 2 is 2.10 bits per heavy atom. The van der Waals surface area contributed by atoms with Crippen molar-refractivity contribution in [3.63, 3.8) is 0 Å². The van der Waals surface area contributed by atoms with Gasteiger partial charge in [0.25, 0.3) is 5.91 Å². The molecule has 1 aliphatic heterocycles. The minimum absolute atomic E-state index is 0.0968. The van der Waals surface area contributed by atoms with E-state index in [2.05, 4.69) is 21.8 Å². The van der Waals surface area contributed by atoms with Gasteiger partial charge in [0.2, 0.25) is 0 Å². The number of likely N-dealkylation sites (tertiary alicyclic amines) is 1. The molecule has 1 aliphatic rings. The third-order valence-corrected chi connectivity index (χ3v) is 4.28. The first-order valence-electron chi connectivity index (χ1n) is 7.29. The quantitative estimate of drug-likeness (QED) is 0.859. The van der Waals surface area contributed by atoms with E-state index in [1.165, 1.54) is 6.20 Å². The average Bonchev–Trinajstić information content (AvgIpc) is 2.80. The summed E-state index contributed by atoms with van der Waals surface area (Å²) in [4.78, 5) is 25.2. The molecule has 0 aliphatic carbocycles. The maximum absolute atomic E-state index is 12.7. The molecule has 2 unspecified atom stereocenters. The maximum Gasteiger partial charge on any atom is 0.274 e. The third kappa shape index (κ3) is 3.35. The first-order valence-corrected chi connectivity index (χ1v) is 7.67. The Morgan fingerprint density at radius 3 is 2.62 bits per heavy atom. The number of carbonyl (C=O) groups excluding carboxylic acids is 1. The smallest absolute Gasteiger partial charge is 0.274 e. The predicted octanol–water partition coefficient (Wildman–Crippen LogP) is 2.28. The van der Waals surface area contributed by atoms with E-state index in [0.29, 0.717) is 35.0 Å². The zero-order valence-corrected chi connectivity index (χ0v) is 14.1. The molecule has 0 aromatic carbocycles. The molecule has 2 atom stereocenters. The Labute approximate surface area is 131 Å². The summed E-state index contributed by atoms with van der Waals surface area (Å²) in [6.07, 6.45) is 1.53. The predicted molar refractivity (Wildman–Crippen MR) is 83.7 cm³/mol. The molecule has 2 rings (SSSR count). The van der Waals surface area contributed by atoms with Crippen molar-refractivity contribution in [2.75, 3.05) is 27.2 Å². The lowest BCUT2D eigenvalue weighted by Gasteiger charge is -2.22. The second-order valence-electron chi connectivity index (χ2n) is 6.30. The Morgan fingerprint density at radius 1 is 1.43 bits per heavy atom. The van der Waals surface area contributed by atoms with Crippen LogP contribution in [0.5, 0.6) is 0 Å². The lowest BCUT2D eigenvalue weighted by molar-refractivity contribution is 0.0775. The molecular weight excluding hydrogens is 288 g/mol. The van der Waals surface area contributed by atoms with Gasteiger partial charge < -0.3 is 9.80 Å². The number of likely N-dealkylation sites (N-methyl/N-ethyl adjacent to an activating group) is 1. The van der Waals surface area contributed by atoms with Crippen LogP contribution < -0.4 is 0 Å². The summed E-state index contributed by atoms with van der Waals surface area (Å²) in [6.45, 7) is 7.61. The summed E-state index contributed by atoms with van der Waals surface area (Å²) in [6, 6.07) is 0.374. The number of aromatic nitrogens is 2. The van der Waals surface area contributed by atoms with E-state index in [-0.39, 0.29) is 11.8 Å². The van der Waals surface area contributed by atoms with Crippen molar-refractivity contribution in [3.8, 4) is 0 Å². The van der Waals surface area contributed by atoms with Gasteiger partial charge in [-0.05, 0) is 20.0 Å². The zero-order valence-electron chi connectivity index (χ0n) is 13.3. The van der Waals surface area contributed by atoms with Crippen molar-refractivity contribution < 1.29 is 4.79 Å². The zero-order chi connectivity index (χ0) is 15.7. The van der Waals surface area contributed by atoms with Crippen molar-refractivity contribution >= 4 is 17.5 Å². The molecule has 0 spiro atoms. The highest BCUT2D eigenvalue weighted by Crippen LogP contribution is 2.24. The molecule has 0 N–H and O–H groups in total. The van der Waals surface area contributed by atoms with Crippen molar-refractivity contribution in [1.29, 1.82) is 0 Å². The van der Waals surface area contributed by atoms with Crippen LogP contribution >= 0.6 is 11.6 Å². The standard InChI is InChI=1S/C15H23ClN4O/c1-9(2)14-17-6-11(16)13(18-14)15(21)20-7-10(3)12(8-20)19(4)5/h6,9-10,12H,7-8H2,1-5H3. The van der Waals surface area contributed by atoms with Crippen molar-refractivity contribution in [3.05, 3.63) is 22.7 Å². The minimum Gasteiger partial charge on any atom is -0.335 e. The SMILES string of the molecule is CC(C)c1ncc(Cl)c(C(=O)N2CC(C)C(N(C)C)C2)n1. The first-order chi connectivity index (χ1) is 9.81. The Kier molecular flexibility index (Phi) is 4.84. The van der Waals surface area contributed by atoms with E-state index >= 15 is 0 Å². The lowest BCUT2D eigenvalue weighted by Crippen LogP contribution is -2.36. The number of halogens is 1. The molecule has 1 aromatic heterocycles. The fourth-order valence-electron chi connectivity index (χ4n) is 2.75. The van der Waals surface area contributed by atoms with E-state index in [1.54, 1.807) is 0 Å². The summed E-state index contributed by atoms with van der Waals surface area (Å²) in [5, 5.41) is 0.324. The van der Waals surface area contributed by atoms with Crippen LogP contribution in [-0.4, -0.2) is 58.9 Å². The van der Waals surface area contributed by atoms with Gasteiger partial charge in [-0.25, -0.2) is 9.97 Å². The first kappa shape index (κ1) is 16.2. The highest BCUT2D eigenvalue weighted by molar-refractivity contribution is 6.33. The van der Waals surface area contributed by atoms with Gasteiger partial charge in [0.1, 0.15) is 5.82 Å².